The van der Waals surface area contributed by atoms with Gasteiger partial charge in [-0.15, -0.1) is 0 Å². The molecule has 5 heteroatoms. The van der Waals surface area contributed by atoms with Gasteiger partial charge in [0.15, 0.2) is 0 Å². The van der Waals surface area contributed by atoms with Crippen LogP contribution in [-0.4, -0.2) is 50.6 Å². The van der Waals surface area contributed by atoms with Crippen LogP contribution < -0.4 is 4.90 Å². The lowest BCUT2D eigenvalue weighted by atomic mass is 10.1. The van der Waals surface area contributed by atoms with Gasteiger partial charge < -0.3 is 19.5 Å². The average molecular weight is 265 g/mol. The van der Waals surface area contributed by atoms with Crippen molar-refractivity contribution in [3.8, 4) is 0 Å². The van der Waals surface area contributed by atoms with Gasteiger partial charge in [0.25, 0.3) is 0 Å². The third-order valence-electron chi connectivity index (χ3n) is 3.61. The van der Waals surface area contributed by atoms with Crippen LogP contribution in [0.3, 0.4) is 0 Å². The molecule has 1 heterocycles. The fraction of sp³-hybridized carbons (Fsp3) is 0.500. The molecule has 1 saturated heterocycles. The molecule has 1 aromatic carbocycles. The van der Waals surface area contributed by atoms with Crippen molar-refractivity contribution in [2.24, 2.45) is 0 Å². The Morgan fingerprint density at radius 3 is 2.26 bits per heavy atom. The Morgan fingerprint density at radius 2 is 1.84 bits per heavy atom. The maximum atomic E-state index is 10.9. The number of carboxylic acids is 1. The molecule has 0 spiro atoms. The lowest BCUT2D eigenvalue weighted by Gasteiger charge is -2.20. The number of anilines is 1. The zero-order chi connectivity index (χ0) is 14.0. The minimum atomic E-state index is -0.902. The minimum absolute atomic E-state index is 0.0450. The Labute approximate surface area is 112 Å². The number of benzene rings is 1. The van der Waals surface area contributed by atoms with Crippen molar-refractivity contribution in [1.82, 2.24) is 0 Å². The van der Waals surface area contributed by atoms with Gasteiger partial charge in [-0.05, 0) is 30.7 Å². The van der Waals surface area contributed by atoms with E-state index in [1.807, 2.05) is 13.0 Å². The van der Waals surface area contributed by atoms with Crippen LogP contribution in [0.4, 0.5) is 5.69 Å². The highest BCUT2D eigenvalue weighted by Crippen LogP contribution is 2.27. The maximum Gasteiger partial charge on any atom is 0.335 e. The van der Waals surface area contributed by atoms with Crippen LogP contribution in [0, 0.1) is 6.92 Å². The normalized spacial score (nSPS) is 22.8. The first-order valence-corrected chi connectivity index (χ1v) is 6.21. The van der Waals surface area contributed by atoms with Crippen molar-refractivity contribution in [3.05, 3.63) is 29.3 Å². The summed E-state index contributed by atoms with van der Waals surface area (Å²) in [6.07, 6.45) is 0.0899. The summed E-state index contributed by atoms with van der Waals surface area (Å²) in [6.45, 7) is 3.42. The second-order valence-corrected chi connectivity index (χ2v) is 4.76. The quantitative estimate of drug-likeness (QED) is 0.895. The number of nitrogens with zero attached hydrogens (tertiary/aromatic N) is 1. The zero-order valence-corrected chi connectivity index (χ0v) is 11.4. The third kappa shape index (κ3) is 2.72. The van der Waals surface area contributed by atoms with E-state index in [9.17, 15) is 4.79 Å². The molecule has 0 aromatic heterocycles. The van der Waals surface area contributed by atoms with E-state index in [1.54, 1.807) is 26.4 Å². The predicted octanol–water partition coefficient (Wildman–Crippen LogP) is 1.54. The van der Waals surface area contributed by atoms with Gasteiger partial charge in [0.2, 0.25) is 0 Å². The number of carboxylic acid groups (broad SMARTS) is 1. The van der Waals surface area contributed by atoms with Gasteiger partial charge in [-0.25, -0.2) is 4.79 Å². The fourth-order valence-electron chi connectivity index (χ4n) is 2.54. The van der Waals surface area contributed by atoms with Gasteiger partial charge in [0.1, 0.15) is 12.2 Å². The molecule has 0 aliphatic carbocycles. The summed E-state index contributed by atoms with van der Waals surface area (Å²) in [6, 6.07) is 5.18. The molecule has 5 nitrogen and oxygen atoms in total. The number of hydrogen-bond acceptors (Lipinski definition) is 4. The van der Waals surface area contributed by atoms with E-state index in [0.717, 1.165) is 24.3 Å². The van der Waals surface area contributed by atoms with Crippen LogP contribution in [0.25, 0.3) is 0 Å². The topological polar surface area (TPSA) is 59.0 Å². The minimum Gasteiger partial charge on any atom is -0.478 e. The number of carbonyl (C=O) groups is 1. The van der Waals surface area contributed by atoms with E-state index in [-0.39, 0.29) is 12.2 Å². The summed E-state index contributed by atoms with van der Waals surface area (Å²) < 4.78 is 10.8. The molecule has 1 N–H and O–H groups in total. The highest BCUT2D eigenvalue weighted by molar-refractivity contribution is 5.88. The van der Waals surface area contributed by atoms with Crippen molar-refractivity contribution in [3.63, 3.8) is 0 Å². The number of hydrogen-bond donors (Lipinski definition) is 1. The number of ether oxygens (including phenoxy) is 2. The first-order valence-electron chi connectivity index (χ1n) is 6.21. The number of aryl methyl sites for hydroxylation is 1. The summed E-state index contributed by atoms with van der Waals surface area (Å²) in [7, 11) is 3.36. The first-order chi connectivity index (χ1) is 9.06. The third-order valence-corrected chi connectivity index (χ3v) is 3.61. The van der Waals surface area contributed by atoms with E-state index < -0.39 is 5.97 Å². The van der Waals surface area contributed by atoms with E-state index in [1.165, 1.54) is 0 Å². The molecular formula is C14H19NO4. The molecule has 1 fully saturated rings. The van der Waals surface area contributed by atoms with Gasteiger partial charge >= 0.3 is 5.97 Å². The van der Waals surface area contributed by atoms with E-state index in [0.29, 0.717) is 5.56 Å². The van der Waals surface area contributed by atoms with E-state index in [2.05, 4.69) is 4.90 Å². The summed E-state index contributed by atoms with van der Waals surface area (Å²) in [5.74, 6) is -0.902. The number of aromatic carboxylic acids is 1. The zero-order valence-electron chi connectivity index (χ0n) is 11.4. The lowest BCUT2D eigenvalue weighted by Crippen LogP contribution is -2.27. The number of rotatable bonds is 4. The van der Waals surface area contributed by atoms with Crippen molar-refractivity contribution >= 4 is 11.7 Å². The van der Waals surface area contributed by atoms with Crippen molar-refractivity contribution in [2.45, 2.75) is 19.1 Å². The molecule has 0 bridgehead atoms. The Kier molecular flexibility index (Phi) is 4.07. The van der Waals surface area contributed by atoms with E-state index in [4.69, 9.17) is 14.6 Å². The molecule has 1 aliphatic rings. The van der Waals surface area contributed by atoms with Crippen molar-refractivity contribution < 1.29 is 19.4 Å². The molecule has 0 radical (unpaired) electrons. The summed E-state index contributed by atoms with van der Waals surface area (Å²) in [5, 5.41) is 8.97. The largest absolute Gasteiger partial charge is 0.478 e. The second kappa shape index (κ2) is 5.59. The Balaban J connectivity index is 2.21. The average Bonchev–Trinajstić information content (AvgIpc) is 2.81. The SMILES string of the molecule is COC1CN(c2ccc(C(=O)O)cc2C)CC1OC. The maximum absolute atomic E-state index is 10.9. The Hall–Kier alpha value is -1.59. The van der Waals surface area contributed by atoms with Gasteiger partial charge in [0, 0.05) is 33.0 Å². The molecule has 0 amide bonds. The molecule has 2 atom stereocenters. The van der Waals surface area contributed by atoms with Crippen LogP contribution in [0.1, 0.15) is 15.9 Å². The summed E-state index contributed by atoms with van der Waals surface area (Å²) in [4.78, 5) is 13.1. The van der Waals surface area contributed by atoms with Gasteiger partial charge in [0.05, 0.1) is 5.56 Å². The van der Waals surface area contributed by atoms with Crippen LogP contribution in [0.15, 0.2) is 18.2 Å². The summed E-state index contributed by atoms with van der Waals surface area (Å²) in [5.41, 5.74) is 2.30. The second-order valence-electron chi connectivity index (χ2n) is 4.76. The van der Waals surface area contributed by atoms with Crippen molar-refractivity contribution in [2.75, 3.05) is 32.2 Å². The van der Waals surface area contributed by atoms with Crippen LogP contribution in [0.5, 0.6) is 0 Å². The van der Waals surface area contributed by atoms with Gasteiger partial charge in [-0.3, -0.25) is 0 Å². The molecule has 1 aromatic rings. The molecule has 104 valence electrons. The first kappa shape index (κ1) is 13.8. The van der Waals surface area contributed by atoms with Gasteiger partial charge in [-0.1, -0.05) is 0 Å². The predicted molar refractivity (Wildman–Crippen MR) is 71.9 cm³/mol. The molecular weight excluding hydrogens is 246 g/mol. The smallest absolute Gasteiger partial charge is 0.335 e. The van der Waals surface area contributed by atoms with E-state index >= 15 is 0 Å². The summed E-state index contributed by atoms with van der Waals surface area (Å²) >= 11 is 0. The van der Waals surface area contributed by atoms with Crippen LogP contribution >= 0.6 is 0 Å². The Bertz CT molecular complexity index is 463. The monoisotopic (exact) mass is 265 g/mol. The highest BCUT2D eigenvalue weighted by atomic mass is 16.5. The highest BCUT2D eigenvalue weighted by Gasteiger charge is 2.33. The Morgan fingerprint density at radius 1 is 1.26 bits per heavy atom. The van der Waals surface area contributed by atoms with Crippen LogP contribution in [-0.2, 0) is 9.47 Å². The lowest BCUT2D eigenvalue weighted by molar-refractivity contribution is -0.00461. The van der Waals surface area contributed by atoms with Crippen molar-refractivity contribution in [1.29, 1.82) is 0 Å². The molecule has 2 unspecified atom stereocenters. The van der Waals surface area contributed by atoms with Crippen LogP contribution in [0.2, 0.25) is 0 Å². The molecule has 2 rings (SSSR count). The standard InChI is InChI=1S/C14H19NO4/c1-9-6-10(14(16)17)4-5-11(9)15-7-12(18-2)13(8-15)19-3/h4-6,12-13H,7-8H2,1-3H3,(H,16,17). The molecule has 19 heavy (non-hydrogen) atoms. The van der Waals surface area contributed by atoms with Gasteiger partial charge in [-0.2, -0.15) is 0 Å². The molecule has 0 saturated carbocycles. The number of methoxy groups -OCH3 is 2. The fourth-order valence-corrected chi connectivity index (χ4v) is 2.54. The molecule has 1 aliphatic heterocycles.